The fraction of sp³-hybridized carbons (Fsp3) is 0.622. The lowest BCUT2D eigenvalue weighted by atomic mass is 9.42. The molecule has 4 aliphatic rings. The first kappa shape index (κ1) is 38.0. The highest BCUT2D eigenvalue weighted by atomic mass is 16.4. The Hall–Kier alpha value is -3.33. The van der Waals surface area contributed by atoms with Crippen LogP contribution in [0.2, 0.25) is 0 Å². The number of para-hydroxylation sites is 1. The SMILES string of the molecule is CC(=O)c1c(C)nc2ccccc2c1NCc1ccccc1CC[C@@]1(O)CC[C@@]2(C)C(C[C@@H](O)C3C2C[C@H](O)[C@@]2(C)C3CC[C@@H]2C(C)CCC(=O)O)C1. The van der Waals surface area contributed by atoms with Crippen LogP contribution in [0.3, 0.4) is 0 Å². The predicted octanol–water partition coefficient (Wildman–Crippen LogP) is 8.12. The normalized spacial score (nSPS) is 35.6. The minimum atomic E-state index is -0.836. The Labute approximate surface area is 314 Å². The number of benzene rings is 2. The Morgan fingerprint density at radius 3 is 2.43 bits per heavy atom. The number of anilines is 1. The second-order valence-corrected chi connectivity index (χ2v) is 18.1. The summed E-state index contributed by atoms with van der Waals surface area (Å²) in [5, 5.41) is 50.0. The van der Waals surface area contributed by atoms with Crippen LogP contribution in [0.5, 0.6) is 0 Å². The quantitative estimate of drug-likeness (QED) is 0.125. The minimum absolute atomic E-state index is 0.0195. The second kappa shape index (κ2) is 14.4. The molecule has 0 radical (unpaired) electrons. The van der Waals surface area contributed by atoms with E-state index in [9.17, 15) is 30.0 Å². The van der Waals surface area contributed by atoms with Gasteiger partial charge in [0.1, 0.15) is 0 Å². The first-order valence-electron chi connectivity index (χ1n) is 20.2. The van der Waals surface area contributed by atoms with Crippen LogP contribution in [0.1, 0.15) is 119 Å². The molecule has 4 fully saturated rings. The number of fused-ring (bicyclic) bond motifs is 6. The number of carboxylic acid groups (broad SMARTS) is 1. The highest BCUT2D eigenvalue weighted by Crippen LogP contribution is 2.69. The first-order valence-corrected chi connectivity index (χ1v) is 20.2. The van der Waals surface area contributed by atoms with Crippen molar-refractivity contribution in [3.8, 4) is 0 Å². The molecule has 0 aliphatic heterocycles. The number of aliphatic hydroxyl groups is 3. The zero-order valence-corrected chi connectivity index (χ0v) is 32.3. The fourth-order valence-corrected chi connectivity index (χ4v) is 12.5. The number of nitrogens with one attached hydrogen (secondary N) is 1. The number of aryl methyl sites for hydroxylation is 2. The van der Waals surface area contributed by atoms with Gasteiger partial charge in [-0.05, 0) is 142 Å². The molecule has 5 unspecified atom stereocenters. The van der Waals surface area contributed by atoms with Crippen LogP contribution in [-0.2, 0) is 17.8 Å². The molecule has 8 heteroatoms. The van der Waals surface area contributed by atoms with Crippen LogP contribution in [0.15, 0.2) is 48.5 Å². The lowest BCUT2D eigenvalue weighted by Gasteiger charge is -2.64. The molecule has 11 atom stereocenters. The van der Waals surface area contributed by atoms with E-state index >= 15 is 0 Å². The number of carboxylic acids is 1. The molecule has 4 saturated carbocycles. The molecular weight excluding hydrogens is 665 g/mol. The second-order valence-electron chi connectivity index (χ2n) is 18.1. The van der Waals surface area contributed by atoms with Crippen LogP contribution in [0.4, 0.5) is 5.69 Å². The van der Waals surface area contributed by atoms with E-state index in [-0.39, 0.29) is 58.5 Å². The summed E-state index contributed by atoms with van der Waals surface area (Å²) in [5.41, 5.74) is 4.07. The number of nitrogens with zero attached hydrogens (tertiary/aromatic N) is 1. The van der Waals surface area contributed by atoms with Crippen molar-refractivity contribution < 1.29 is 30.0 Å². The van der Waals surface area contributed by atoms with Gasteiger partial charge >= 0.3 is 5.97 Å². The van der Waals surface area contributed by atoms with Gasteiger partial charge in [-0.15, -0.1) is 0 Å². The zero-order chi connectivity index (χ0) is 37.9. The number of ketones is 1. The van der Waals surface area contributed by atoms with Crippen LogP contribution in [0.25, 0.3) is 10.9 Å². The van der Waals surface area contributed by atoms with Gasteiger partial charge in [-0.25, -0.2) is 0 Å². The Bertz CT molecular complexity index is 1860. The molecular formula is C45H60N2O6. The van der Waals surface area contributed by atoms with Crippen molar-refractivity contribution in [3.63, 3.8) is 0 Å². The van der Waals surface area contributed by atoms with Crippen LogP contribution in [0, 0.1) is 53.3 Å². The third-order valence-electron chi connectivity index (χ3n) is 15.4. The Balaban J connectivity index is 1.04. The Kier molecular flexibility index (Phi) is 10.3. The van der Waals surface area contributed by atoms with Crippen molar-refractivity contribution in [1.29, 1.82) is 0 Å². The third kappa shape index (κ3) is 6.71. The molecule has 0 spiro atoms. The van der Waals surface area contributed by atoms with Crippen LogP contribution >= 0.6 is 0 Å². The molecule has 5 N–H and O–H groups in total. The van der Waals surface area contributed by atoms with E-state index in [1.165, 1.54) is 5.56 Å². The first-order chi connectivity index (χ1) is 25.2. The zero-order valence-electron chi connectivity index (χ0n) is 32.3. The van der Waals surface area contributed by atoms with E-state index in [1.54, 1.807) is 6.92 Å². The molecule has 286 valence electrons. The smallest absolute Gasteiger partial charge is 0.303 e. The molecule has 0 saturated heterocycles. The molecule has 1 aromatic heterocycles. The summed E-state index contributed by atoms with van der Waals surface area (Å²) in [5.74, 6) is 0.375. The van der Waals surface area contributed by atoms with Gasteiger partial charge in [0.05, 0.1) is 40.3 Å². The fourth-order valence-electron chi connectivity index (χ4n) is 12.5. The summed E-state index contributed by atoms with van der Waals surface area (Å²) in [6.45, 7) is 10.8. The largest absolute Gasteiger partial charge is 0.481 e. The molecule has 0 bridgehead atoms. The highest BCUT2D eigenvalue weighted by molar-refractivity contribution is 6.08. The maximum atomic E-state index is 12.7. The molecule has 4 aliphatic carbocycles. The van der Waals surface area contributed by atoms with Gasteiger partial charge in [-0.1, -0.05) is 63.2 Å². The molecule has 1 heterocycles. The van der Waals surface area contributed by atoms with Crippen LogP contribution < -0.4 is 5.32 Å². The number of carbonyl (C=O) groups is 2. The van der Waals surface area contributed by atoms with Crippen molar-refractivity contribution in [3.05, 3.63) is 70.9 Å². The lowest BCUT2D eigenvalue weighted by molar-refractivity contribution is -0.216. The van der Waals surface area contributed by atoms with Crippen molar-refractivity contribution in [1.82, 2.24) is 4.98 Å². The lowest BCUT2D eigenvalue weighted by Crippen LogP contribution is -2.63. The van der Waals surface area contributed by atoms with Gasteiger partial charge < -0.3 is 25.7 Å². The summed E-state index contributed by atoms with van der Waals surface area (Å²) in [4.78, 5) is 28.8. The van der Waals surface area contributed by atoms with Gasteiger partial charge in [-0.3, -0.25) is 14.6 Å². The molecule has 8 nitrogen and oxygen atoms in total. The summed E-state index contributed by atoms with van der Waals surface area (Å²) in [7, 11) is 0. The average Bonchev–Trinajstić information content (AvgIpc) is 3.48. The Morgan fingerprint density at radius 1 is 0.981 bits per heavy atom. The topological polar surface area (TPSA) is 140 Å². The van der Waals surface area contributed by atoms with E-state index in [2.05, 4.69) is 43.2 Å². The molecule has 2 aromatic carbocycles. The van der Waals surface area contributed by atoms with Crippen molar-refractivity contribution in [2.75, 3.05) is 5.32 Å². The maximum absolute atomic E-state index is 12.7. The van der Waals surface area contributed by atoms with E-state index in [0.29, 0.717) is 56.3 Å². The van der Waals surface area contributed by atoms with E-state index in [4.69, 9.17) is 0 Å². The predicted molar refractivity (Wildman–Crippen MR) is 208 cm³/mol. The maximum Gasteiger partial charge on any atom is 0.303 e. The van der Waals surface area contributed by atoms with E-state index < -0.39 is 23.8 Å². The van der Waals surface area contributed by atoms with Crippen LogP contribution in [-0.4, -0.2) is 55.0 Å². The number of hydrogen-bond donors (Lipinski definition) is 5. The van der Waals surface area contributed by atoms with E-state index in [0.717, 1.165) is 47.8 Å². The number of pyridine rings is 1. The van der Waals surface area contributed by atoms with Crippen molar-refractivity contribution >= 4 is 28.3 Å². The molecule has 0 amide bonds. The number of aliphatic carboxylic acids is 1. The van der Waals surface area contributed by atoms with Crippen molar-refractivity contribution in [2.45, 2.75) is 130 Å². The Morgan fingerprint density at radius 2 is 1.70 bits per heavy atom. The summed E-state index contributed by atoms with van der Waals surface area (Å²) in [6.07, 6.45) is 6.71. The number of carbonyl (C=O) groups excluding carboxylic acids is 1. The number of hydrogen-bond acceptors (Lipinski definition) is 7. The van der Waals surface area contributed by atoms with Gasteiger partial charge in [0, 0.05) is 18.4 Å². The van der Waals surface area contributed by atoms with Gasteiger partial charge in [0.2, 0.25) is 0 Å². The molecule has 3 aromatic rings. The summed E-state index contributed by atoms with van der Waals surface area (Å²) in [6, 6.07) is 16.2. The molecule has 53 heavy (non-hydrogen) atoms. The highest BCUT2D eigenvalue weighted by Gasteiger charge is 2.66. The average molecular weight is 725 g/mol. The number of Topliss-reactive ketones (excluding diaryl/α,β-unsaturated/α-hetero) is 1. The number of aromatic nitrogens is 1. The standard InChI is InChI=1S/C45H60N2O6/c1-26(14-17-39(51)52)33-15-16-34-41-35(23-38(50)44(33,34)5)43(4)20-21-45(53,24-31(43)22-37(41)49)19-18-29-10-6-7-11-30(29)25-46-42-32-12-8-9-13-36(32)47-27(2)40(42)28(3)48/h6-13,26,31,33-35,37-38,41,49-50,53H,14-25H2,1-5H3,(H,46,47)(H,51,52)/t26?,31?,33-,34?,35?,37-,38+,41?,43+,44-,45-/m1/s1. The van der Waals surface area contributed by atoms with Gasteiger partial charge in [0.25, 0.3) is 0 Å². The van der Waals surface area contributed by atoms with E-state index in [1.807, 2.05) is 43.3 Å². The summed E-state index contributed by atoms with van der Waals surface area (Å²) < 4.78 is 0. The van der Waals surface area contributed by atoms with Gasteiger partial charge in [0.15, 0.2) is 5.78 Å². The molecule has 7 rings (SSSR count). The van der Waals surface area contributed by atoms with Gasteiger partial charge in [-0.2, -0.15) is 0 Å². The third-order valence-corrected chi connectivity index (χ3v) is 15.4. The number of rotatable bonds is 11. The minimum Gasteiger partial charge on any atom is -0.481 e. The van der Waals surface area contributed by atoms with Crippen molar-refractivity contribution in [2.24, 2.45) is 46.3 Å². The monoisotopic (exact) mass is 724 g/mol. The summed E-state index contributed by atoms with van der Waals surface area (Å²) >= 11 is 0. The number of aliphatic hydroxyl groups excluding tert-OH is 2.